The molecule has 106 valence electrons. The van der Waals surface area contributed by atoms with E-state index in [4.69, 9.17) is 10.5 Å². The SMILES string of the molecule is Cc1cc(N2CC(C)OCC2C)c([C@H](C)N)cc1F. The number of morpholine rings is 1. The Hall–Kier alpha value is -1.13. The van der Waals surface area contributed by atoms with Gasteiger partial charge in [-0.15, -0.1) is 0 Å². The average molecular weight is 266 g/mol. The molecule has 1 fully saturated rings. The van der Waals surface area contributed by atoms with Gasteiger partial charge in [-0.05, 0) is 51.0 Å². The lowest BCUT2D eigenvalue weighted by Gasteiger charge is -2.40. The van der Waals surface area contributed by atoms with Crippen LogP contribution in [0.1, 0.15) is 37.9 Å². The highest BCUT2D eigenvalue weighted by molar-refractivity contribution is 5.58. The number of nitrogens with two attached hydrogens (primary N) is 1. The molecule has 1 saturated heterocycles. The number of ether oxygens (including phenoxy) is 1. The van der Waals surface area contributed by atoms with Crippen molar-refractivity contribution in [3.63, 3.8) is 0 Å². The van der Waals surface area contributed by atoms with Gasteiger partial charge in [-0.25, -0.2) is 4.39 Å². The largest absolute Gasteiger partial charge is 0.375 e. The molecule has 0 spiro atoms. The maximum Gasteiger partial charge on any atom is 0.126 e. The second kappa shape index (κ2) is 5.47. The minimum atomic E-state index is -0.190. The molecule has 19 heavy (non-hydrogen) atoms. The monoisotopic (exact) mass is 266 g/mol. The lowest BCUT2D eigenvalue weighted by molar-refractivity contribution is 0.0343. The molecule has 1 aromatic rings. The van der Waals surface area contributed by atoms with Gasteiger partial charge in [0.25, 0.3) is 0 Å². The summed E-state index contributed by atoms with van der Waals surface area (Å²) in [6, 6.07) is 3.57. The fourth-order valence-electron chi connectivity index (χ4n) is 2.53. The lowest BCUT2D eigenvalue weighted by atomic mass is 10.0. The van der Waals surface area contributed by atoms with Crippen LogP contribution < -0.4 is 10.6 Å². The van der Waals surface area contributed by atoms with Crippen molar-refractivity contribution in [2.45, 2.75) is 45.9 Å². The molecule has 0 amide bonds. The van der Waals surface area contributed by atoms with E-state index in [-0.39, 0.29) is 24.0 Å². The molecule has 0 saturated carbocycles. The first kappa shape index (κ1) is 14.3. The Balaban J connectivity index is 2.44. The molecule has 3 atom stereocenters. The third-order valence-corrected chi connectivity index (χ3v) is 3.72. The van der Waals surface area contributed by atoms with E-state index in [9.17, 15) is 4.39 Å². The van der Waals surface area contributed by atoms with Crippen LogP contribution in [0.2, 0.25) is 0 Å². The molecule has 1 heterocycles. The van der Waals surface area contributed by atoms with Gasteiger partial charge < -0.3 is 15.4 Å². The van der Waals surface area contributed by atoms with E-state index in [1.807, 2.05) is 13.0 Å². The van der Waals surface area contributed by atoms with Crippen LogP contribution in [0.15, 0.2) is 12.1 Å². The van der Waals surface area contributed by atoms with E-state index in [1.54, 1.807) is 13.0 Å². The number of hydrogen-bond acceptors (Lipinski definition) is 3. The van der Waals surface area contributed by atoms with Crippen molar-refractivity contribution >= 4 is 5.69 Å². The predicted molar refractivity (Wildman–Crippen MR) is 76.0 cm³/mol. The summed E-state index contributed by atoms with van der Waals surface area (Å²) in [7, 11) is 0. The third-order valence-electron chi connectivity index (χ3n) is 3.72. The molecule has 2 rings (SSSR count). The van der Waals surface area contributed by atoms with Crippen molar-refractivity contribution in [2.75, 3.05) is 18.1 Å². The zero-order valence-electron chi connectivity index (χ0n) is 12.1. The van der Waals surface area contributed by atoms with Crippen LogP contribution in [0.3, 0.4) is 0 Å². The summed E-state index contributed by atoms with van der Waals surface area (Å²) in [6.07, 6.45) is 0.183. The van der Waals surface area contributed by atoms with Gasteiger partial charge in [0.2, 0.25) is 0 Å². The quantitative estimate of drug-likeness (QED) is 0.894. The van der Waals surface area contributed by atoms with Gasteiger partial charge >= 0.3 is 0 Å². The molecule has 4 heteroatoms. The third kappa shape index (κ3) is 2.90. The Labute approximate surface area is 114 Å². The Kier molecular flexibility index (Phi) is 4.11. The molecular weight excluding hydrogens is 243 g/mol. The summed E-state index contributed by atoms with van der Waals surface area (Å²) in [5, 5.41) is 0. The summed E-state index contributed by atoms with van der Waals surface area (Å²) < 4.78 is 19.4. The van der Waals surface area contributed by atoms with Crippen molar-refractivity contribution in [1.29, 1.82) is 0 Å². The Morgan fingerprint density at radius 3 is 2.74 bits per heavy atom. The first-order valence-corrected chi connectivity index (χ1v) is 6.84. The van der Waals surface area contributed by atoms with Gasteiger partial charge in [0.1, 0.15) is 5.82 Å². The molecule has 0 radical (unpaired) electrons. The average Bonchev–Trinajstić information content (AvgIpc) is 2.35. The van der Waals surface area contributed by atoms with Crippen LogP contribution in [-0.4, -0.2) is 25.3 Å². The Morgan fingerprint density at radius 2 is 2.11 bits per heavy atom. The van der Waals surface area contributed by atoms with Crippen LogP contribution >= 0.6 is 0 Å². The number of nitrogens with zero attached hydrogens (tertiary/aromatic N) is 1. The van der Waals surface area contributed by atoms with Crippen molar-refractivity contribution in [1.82, 2.24) is 0 Å². The minimum absolute atomic E-state index is 0.183. The van der Waals surface area contributed by atoms with Crippen molar-refractivity contribution in [2.24, 2.45) is 5.73 Å². The van der Waals surface area contributed by atoms with Crippen LogP contribution in [-0.2, 0) is 4.74 Å². The maximum absolute atomic E-state index is 13.8. The van der Waals surface area contributed by atoms with Gasteiger partial charge in [0.05, 0.1) is 12.7 Å². The second-order valence-corrected chi connectivity index (χ2v) is 5.59. The van der Waals surface area contributed by atoms with E-state index in [0.717, 1.165) is 17.8 Å². The van der Waals surface area contributed by atoms with E-state index in [2.05, 4.69) is 18.7 Å². The maximum atomic E-state index is 13.8. The topological polar surface area (TPSA) is 38.5 Å². The van der Waals surface area contributed by atoms with Gasteiger partial charge in [-0.2, -0.15) is 0 Å². The van der Waals surface area contributed by atoms with E-state index >= 15 is 0 Å². The lowest BCUT2D eigenvalue weighted by Crippen LogP contribution is -2.48. The zero-order valence-corrected chi connectivity index (χ0v) is 12.1. The zero-order chi connectivity index (χ0) is 14.2. The fourth-order valence-corrected chi connectivity index (χ4v) is 2.53. The minimum Gasteiger partial charge on any atom is -0.375 e. The summed E-state index contributed by atoms with van der Waals surface area (Å²) in [6.45, 7) is 9.36. The van der Waals surface area contributed by atoms with Gasteiger partial charge in [-0.3, -0.25) is 0 Å². The Bertz CT molecular complexity index is 462. The molecule has 2 N–H and O–H groups in total. The van der Waals surface area contributed by atoms with Gasteiger partial charge in [-0.1, -0.05) is 0 Å². The van der Waals surface area contributed by atoms with Crippen LogP contribution in [0.4, 0.5) is 10.1 Å². The van der Waals surface area contributed by atoms with Gasteiger partial charge in [0.15, 0.2) is 0 Å². The van der Waals surface area contributed by atoms with Crippen molar-refractivity contribution in [3.05, 3.63) is 29.1 Å². The number of aryl methyl sites for hydroxylation is 1. The van der Waals surface area contributed by atoms with Crippen LogP contribution in [0.25, 0.3) is 0 Å². The summed E-state index contributed by atoms with van der Waals surface area (Å²) in [5.41, 5.74) is 8.56. The van der Waals surface area contributed by atoms with Crippen LogP contribution in [0, 0.1) is 12.7 Å². The standard InChI is InChI=1S/C15H23FN2O/c1-9-5-15(13(12(4)17)6-14(9)16)18-7-11(3)19-8-10(18)2/h5-6,10-12H,7-8,17H2,1-4H3/t10?,11?,12-/m0/s1. The summed E-state index contributed by atoms with van der Waals surface area (Å²) in [4.78, 5) is 2.28. The molecule has 1 aliphatic rings. The number of rotatable bonds is 2. The molecule has 3 nitrogen and oxygen atoms in total. The van der Waals surface area contributed by atoms with Gasteiger partial charge in [0, 0.05) is 24.3 Å². The smallest absolute Gasteiger partial charge is 0.126 e. The molecular formula is C15H23FN2O. The number of halogens is 1. The van der Waals surface area contributed by atoms with Crippen LogP contribution in [0.5, 0.6) is 0 Å². The normalized spacial score (nSPS) is 25.5. The second-order valence-electron chi connectivity index (χ2n) is 5.59. The number of anilines is 1. The summed E-state index contributed by atoms with van der Waals surface area (Å²) in [5.74, 6) is -0.190. The highest BCUT2D eigenvalue weighted by Gasteiger charge is 2.26. The molecule has 1 aliphatic heterocycles. The molecule has 2 unspecified atom stereocenters. The molecule has 0 aromatic heterocycles. The van der Waals surface area contributed by atoms with E-state index in [1.165, 1.54) is 0 Å². The molecule has 0 bridgehead atoms. The first-order chi connectivity index (χ1) is 8.90. The fraction of sp³-hybridized carbons (Fsp3) is 0.600. The summed E-state index contributed by atoms with van der Waals surface area (Å²) >= 11 is 0. The first-order valence-electron chi connectivity index (χ1n) is 6.84. The number of benzene rings is 1. The van der Waals surface area contributed by atoms with E-state index in [0.29, 0.717) is 12.2 Å². The van der Waals surface area contributed by atoms with Crippen molar-refractivity contribution < 1.29 is 9.13 Å². The van der Waals surface area contributed by atoms with E-state index < -0.39 is 0 Å². The highest BCUT2D eigenvalue weighted by Crippen LogP contribution is 2.31. The molecule has 0 aliphatic carbocycles. The predicted octanol–water partition coefficient (Wildman–Crippen LogP) is 2.77. The Morgan fingerprint density at radius 1 is 1.42 bits per heavy atom. The molecule has 1 aromatic carbocycles. The number of hydrogen-bond donors (Lipinski definition) is 1. The van der Waals surface area contributed by atoms with Crippen molar-refractivity contribution in [3.8, 4) is 0 Å². The highest BCUT2D eigenvalue weighted by atomic mass is 19.1.